The van der Waals surface area contributed by atoms with E-state index in [1.165, 1.54) is 35.7 Å². The molecule has 0 spiro atoms. The maximum atomic E-state index is 13.3. The van der Waals surface area contributed by atoms with Gasteiger partial charge in [-0.2, -0.15) is 17.5 Å². The fourth-order valence-electron chi connectivity index (χ4n) is 4.06. The van der Waals surface area contributed by atoms with Crippen molar-refractivity contribution in [2.75, 3.05) is 43.1 Å². The van der Waals surface area contributed by atoms with Crippen molar-refractivity contribution in [1.29, 1.82) is 0 Å². The molecule has 182 valence electrons. The highest BCUT2D eigenvalue weighted by atomic mass is 32.2. The molecule has 0 unspecified atom stereocenters. The normalized spacial score (nSPS) is 18.0. The molecule has 2 amide bonds. The van der Waals surface area contributed by atoms with Crippen LogP contribution in [0.1, 0.15) is 18.4 Å². The molecule has 0 saturated carbocycles. The fraction of sp³-hybridized carbons (Fsp3) is 0.364. The Morgan fingerprint density at radius 1 is 0.912 bits per heavy atom. The summed E-state index contributed by atoms with van der Waals surface area (Å²) in [5.41, 5.74) is -0.333. The molecule has 2 heterocycles. The number of sulfonamides is 1. The Morgan fingerprint density at radius 3 is 2.15 bits per heavy atom. The van der Waals surface area contributed by atoms with Crippen molar-refractivity contribution >= 4 is 33.2 Å². The molecule has 2 fully saturated rings. The molecular weight excluding hydrogens is 475 g/mol. The molecule has 2 aliphatic rings. The number of alkyl halides is 3. The van der Waals surface area contributed by atoms with E-state index in [1.807, 2.05) is 0 Å². The summed E-state index contributed by atoms with van der Waals surface area (Å²) >= 11 is 0. The lowest BCUT2D eigenvalue weighted by atomic mass is 10.1. The summed E-state index contributed by atoms with van der Waals surface area (Å²) in [5.74, 6) is -0.683. The number of anilines is 2. The average molecular weight is 497 g/mol. The van der Waals surface area contributed by atoms with Crippen LogP contribution in [0.3, 0.4) is 0 Å². The lowest BCUT2D eigenvalue weighted by Gasteiger charge is -2.35. The molecule has 2 aromatic rings. The van der Waals surface area contributed by atoms with Crippen molar-refractivity contribution in [2.24, 2.45) is 0 Å². The van der Waals surface area contributed by atoms with Gasteiger partial charge in [0.25, 0.3) is 0 Å². The minimum atomic E-state index is -4.47. The Hall–Kier alpha value is -3.12. The first-order valence-corrected chi connectivity index (χ1v) is 11.9. The fourth-order valence-corrected chi connectivity index (χ4v) is 5.51. The van der Waals surface area contributed by atoms with Crippen LogP contribution in [0, 0.1) is 0 Å². The maximum absolute atomic E-state index is 13.3. The second kappa shape index (κ2) is 8.91. The number of benzene rings is 2. The molecular formula is C22H22F3N3O5S. The second-order valence-electron chi connectivity index (χ2n) is 7.90. The average Bonchev–Trinajstić information content (AvgIpc) is 3.16. The van der Waals surface area contributed by atoms with E-state index < -0.39 is 33.6 Å². The van der Waals surface area contributed by atoms with Crippen LogP contribution in [0.25, 0.3) is 0 Å². The summed E-state index contributed by atoms with van der Waals surface area (Å²) in [6.45, 7) is 0.516. The molecule has 0 bridgehead atoms. The number of hydrogen-bond donors (Lipinski definition) is 0. The lowest BCUT2D eigenvalue weighted by molar-refractivity contribution is -0.137. The SMILES string of the molecule is COc1ccc(S(=O)(=O)N2CCN(c3cccc(C(F)(F)F)c3)CC2)cc1N1C(=O)CCC1=O. The minimum absolute atomic E-state index is 0.0382. The third-order valence-electron chi connectivity index (χ3n) is 5.86. The van der Waals surface area contributed by atoms with Crippen molar-refractivity contribution in [3.05, 3.63) is 48.0 Å². The molecule has 4 rings (SSSR count). The number of carbonyl (C=O) groups excluding carboxylic acids is 2. The number of imide groups is 1. The van der Waals surface area contributed by atoms with Gasteiger partial charge in [0, 0.05) is 44.7 Å². The highest BCUT2D eigenvalue weighted by molar-refractivity contribution is 7.89. The molecule has 2 aromatic carbocycles. The minimum Gasteiger partial charge on any atom is -0.495 e. The van der Waals surface area contributed by atoms with Crippen molar-refractivity contribution in [2.45, 2.75) is 23.9 Å². The Kier molecular flexibility index (Phi) is 6.30. The molecule has 0 aliphatic carbocycles. The first kappa shape index (κ1) is 24.0. The number of amides is 2. The van der Waals surface area contributed by atoms with Crippen LogP contribution in [0.4, 0.5) is 24.5 Å². The molecule has 0 N–H and O–H groups in total. The number of halogens is 3. The van der Waals surface area contributed by atoms with Gasteiger partial charge in [-0.1, -0.05) is 6.07 Å². The van der Waals surface area contributed by atoms with Gasteiger partial charge in [-0.3, -0.25) is 9.59 Å². The summed E-state index contributed by atoms with van der Waals surface area (Å²) in [5, 5.41) is 0. The number of carbonyl (C=O) groups is 2. The van der Waals surface area contributed by atoms with E-state index in [-0.39, 0.29) is 55.4 Å². The van der Waals surface area contributed by atoms with Gasteiger partial charge in [0.15, 0.2) is 0 Å². The summed E-state index contributed by atoms with van der Waals surface area (Å²) in [6, 6.07) is 8.88. The smallest absolute Gasteiger partial charge is 0.416 e. The first-order valence-electron chi connectivity index (χ1n) is 10.5. The van der Waals surface area contributed by atoms with Crippen molar-refractivity contribution in [1.82, 2.24) is 4.31 Å². The molecule has 0 aromatic heterocycles. The van der Waals surface area contributed by atoms with Gasteiger partial charge in [0.2, 0.25) is 21.8 Å². The third-order valence-corrected chi connectivity index (χ3v) is 7.75. The van der Waals surface area contributed by atoms with Crippen LogP contribution in [0.15, 0.2) is 47.4 Å². The number of methoxy groups -OCH3 is 1. The summed E-state index contributed by atoms with van der Waals surface area (Å²) < 4.78 is 72.1. The van der Waals surface area contributed by atoms with Crippen LogP contribution < -0.4 is 14.5 Å². The predicted octanol–water partition coefficient (Wildman–Crippen LogP) is 2.88. The number of nitrogens with zero attached hydrogens (tertiary/aromatic N) is 3. The Bertz CT molecular complexity index is 1210. The van der Waals surface area contributed by atoms with E-state index in [0.717, 1.165) is 17.0 Å². The molecule has 12 heteroatoms. The molecule has 34 heavy (non-hydrogen) atoms. The molecule has 2 aliphatic heterocycles. The maximum Gasteiger partial charge on any atom is 0.416 e. The number of hydrogen-bond acceptors (Lipinski definition) is 6. The Labute approximate surface area is 194 Å². The Balaban J connectivity index is 1.55. The van der Waals surface area contributed by atoms with Crippen molar-refractivity contribution in [3.8, 4) is 5.75 Å². The molecule has 8 nitrogen and oxygen atoms in total. The summed E-state index contributed by atoms with van der Waals surface area (Å²) in [4.78, 5) is 26.9. The standard InChI is InChI=1S/C22H22F3N3O5S/c1-33-19-6-5-17(14-18(19)28-20(29)7-8-21(28)30)34(31,32)27-11-9-26(10-12-27)16-4-2-3-15(13-16)22(23,24)25/h2-6,13-14H,7-12H2,1H3. The topological polar surface area (TPSA) is 87.2 Å². The van der Waals surface area contributed by atoms with Crippen LogP contribution >= 0.6 is 0 Å². The number of rotatable bonds is 5. The van der Waals surface area contributed by atoms with E-state index in [0.29, 0.717) is 5.69 Å². The largest absolute Gasteiger partial charge is 0.495 e. The van der Waals surface area contributed by atoms with Gasteiger partial charge in [-0.25, -0.2) is 13.3 Å². The zero-order valence-electron chi connectivity index (χ0n) is 18.2. The molecule has 0 radical (unpaired) electrons. The van der Waals surface area contributed by atoms with E-state index in [2.05, 4.69) is 0 Å². The summed E-state index contributed by atoms with van der Waals surface area (Å²) in [7, 11) is -2.64. The third kappa shape index (κ3) is 4.47. The van der Waals surface area contributed by atoms with E-state index in [9.17, 15) is 31.2 Å². The highest BCUT2D eigenvalue weighted by Gasteiger charge is 2.35. The van der Waals surface area contributed by atoms with Gasteiger partial charge in [-0.05, 0) is 36.4 Å². The van der Waals surface area contributed by atoms with Gasteiger partial charge >= 0.3 is 6.18 Å². The van der Waals surface area contributed by atoms with Crippen LogP contribution in [0.5, 0.6) is 5.75 Å². The lowest BCUT2D eigenvalue weighted by Crippen LogP contribution is -2.48. The summed E-state index contributed by atoms with van der Waals surface area (Å²) in [6.07, 6.45) is -4.39. The predicted molar refractivity (Wildman–Crippen MR) is 117 cm³/mol. The van der Waals surface area contributed by atoms with Crippen LogP contribution in [-0.4, -0.2) is 57.8 Å². The van der Waals surface area contributed by atoms with E-state index in [1.54, 1.807) is 11.0 Å². The molecule has 2 saturated heterocycles. The second-order valence-corrected chi connectivity index (χ2v) is 9.83. The van der Waals surface area contributed by atoms with Gasteiger partial charge in [0.1, 0.15) is 5.75 Å². The van der Waals surface area contributed by atoms with Gasteiger partial charge in [-0.15, -0.1) is 0 Å². The first-order chi connectivity index (χ1) is 16.0. The monoisotopic (exact) mass is 497 g/mol. The quantitative estimate of drug-likeness (QED) is 0.591. The van der Waals surface area contributed by atoms with Crippen LogP contribution in [0.2, 0.25) is 0 Å². The van der Waals surface area contributed by atoms with E-state index >= 15 is 0 Å². The zero-order valence-corrected chi connectivity index (χ0v) is 19.0. The van der Waals surface area contributed by atoms with Gasteiger partial charge in [0.05, 0.1) is 23.3 Å². The van der Waals surface area contributed by atoms with Gasteiger partial charge < -0.3 is 9.64 Å². The highest BCUT2D eigenvalue weighted by Crippen LogP contribution is 2.36. The zero-order chi connectivity index (χ0) is 24.7. The van der Waals surface area contributed by atoms with Crippen molar-refractivity contribution < 1.29 is 35.9 Å². The van der Waals surface area contributed by atoms with Crippen molar-refractivity contribution in [3.63, 3.8) is 0 Å². The van der Waals surface area contributed by atoms with Crippen LogP contribution in [-0.2, 0) is 25.8 Å². The van der Waals surface area contributed by atoms with E-state index in [4.69, 9.17) is 4.74 Å². The number of piperazine rings is 1. The molecule has 0 atom stereocenters. The Morgan fingerprint density at radius 2 is 1.56 bits per heavy atom. The number of ether oxygens (including phenoxy) is 1.